The minimum atomic E-state index is -1.08. The number of carbonyl (C=O) groups is 3. The van der Waals surface area contributed by atoms with Crippen LogP contribution in [0, 0.1) is 5.92 Å². The smallest absolute Gasteiger partial charge is 0.325 e. The SMILES string of the molecule is CC(NC(=O)C1CCN(C(=O)/C=C/c2ccc(SCCO)c(Cl)c2Cl)CC1)C(=O)O. The molecule has 0 bridgehead atoms. The van der Waals surface area contributed by atoms with Crippen molar-refractivity contribution in [3.05, 3.63) is 33.8 Å². The van der Waals surface area contributed by atoms with Gasteiger partial charge in [-0.1, -0.05) is 29.3 Å². The Labute approximate surface area is 189 Å². The van der Waals surface area contributed by atoms with Crippen LogP contribution >= 0.6 is 35.0 Å². The van der Waals surface area contributed by atoms with Crippen LogP contribution < -0.4 is 5.32 Å². The lowest BCUT2D eigenvalue weighted by Gasteiger charge is -2.31. The number of aliphatic hydroxyl groups excluding tert-OH is 1. The third kappa shape index (κ3) is 6.63. The van der Waals surface area contributed by atoms with Gasteiger partial charge in [0.05, 0.1) is 16.7 Å². The summed E-state index contributed by atoms with van der Waals surface area (Å²) in [6.45, 7) is 2.27. The number of carbonyl (C=O) groups excluding carboxylic acids is 2. The molecule has 30 heavy (non-hydrogen) atoms. The zero-order valence-corrected chi connectivity index (χ0v) is 18.8. The van der Waals surface area contributed by atoms with Gasteiger partial charge in [0.25, 0.3) is 0 Å². The normalized spacial score (nSPS) is 15.9. The fourth-order valence-electron chi connectivity index (χ4n) is 2.96. The molecule has 1 fully saturated rings. The summed E-state index contributed by atoms with van der Waals surface area (Å²) in [5, 5.41) is 21.0. The molecule has 0 aromatic heterocycles. The van der Waals surface area contributed by atoms with Crippen LogP contribution in [0.25, 0.3) is 6.08 Å². The van der Waals surface area contributed by atoms with E-state index in [0.29, 0.717) is 47.3 Å². The first-order valence-electron chi connectivity index (χ1n) is 9.46. The number of hydrogen-bond donors (Lipinski definition) is 3. The second-order valence-electron chi connectivity index (χ2n) is 6.85. The molecule has 0 saturated carbocycles. The van der Waals surface area contributed by atoms with Gasteiger partial charge in [-0.25, -0.2) is 0 Å². The van der Waals surface area contributed by atoms with Crippen molar-refractivity contribution in [3.63, 3.8) is 0 Å². The number of aliphatic hydroxyl groups is 1. The fourth-order valence-corrected chi connectivity index (χ4v) is 4.29. The summed E-state index contributed by atoms with van der Waals surface area (Å²) in [6.07, 6.45) is 3.97. The van der Waals surface area contributed by atoms with Gasteiger partial charge in [0, 0.05) is 35.7 Å². The zero-order chi connectivity index (χ0) is 22.3. The highest BCUT2D eigenvalue weighted by molar-refractivity contribution is 7.99. The summed E-state index contributed by atoms with van der Waals surface area (Å²) in [5.74, 6) is -1.38. The Morgan fingerprint density at radius 2 is 1.93 bits per heavy atom. The van der Waals surface area contributed by atoms with Gasteiger partial charge in [0.2, 0.25) is 11.8 Å². The molecule has 0 aliphatic carbocycles. The number of carboxylic acids is 1. The molecule has 1 saturated heterocycles. The molecule has 1 aromatic rings. The second kappa shape index (κ2) is 11.6. The van der Waals surface area contributed by atoms with Crippen LogP contribution in [-0.2, 0) is 14.4 Å². The molecular formula is C20H24Cl2N2O5S. The van der Waals surface area contributed by atoms with Gasteiger partial charge in [0.1, 0.15) is 6.04 Å². The van der Waals surface area contributed by atoms with E-state index in [2.05, 4.69) is 5.32 Å². The van der Waals surface area contributed by atoms with Crippen molar-refractivity contribution in [1.82, 2.24) is 10.2 Å². The minimum Gasteiger partial charge on any atom is -0.480 e. The van der Waals surface area contributed by atoms with E-state index in [1.165, 1.54) is 24.8 Å². The number of likely N-dealkylation sites (tertiary alicyclic amines) is 1. The van der Waals surface area contributed by atoms with Crippen LogP contribution in [0.1, 0.15) is 25.3 Å². The number of rotatable bonds is 8. The van der Waals surface area contributed by atoms with Crippen molar-refractivity contribution in [2.24, 2.45) is 5.92 Å². The number of carboxylic acid groups (broad SMARTS) is 1. The van der Waals surface area contributed by atoms with E-state index in [4.69, 9.17) is 33.4 Å². The van der Waals surface area contributed by atoms with E-state index in [1.54, 1.807) is 23.1 Å². The van der Waals surface area contributed by atoms with Crippen molar-refractivity contribution in [1.29, 1.82) is 0 Å². The summed E-state index contributed by atoms with van der Waals surface area (Å²) in [6, 6.07) is 2.61. The number of aliphatic carboxylic acids is 1. The average Bonchev–Trinajstić information content (AvgIpc) is 2.73. The second-order valence-corrected chi connectivity index (χ2v) is 8.75. The van der Waals surface area contributed by atoms with Gasteiger partial charge in [0.15, 0.2) is 0 Å². The predicted octanol–water partition coefficient (Wildman–Crippen LogP) is 2.92. The van der Waals surface area contributed by atoms with Crippen LogP contribution in [0.2, 0.25) is 10.0 Å². The molecule has 1 aliphatic heterocycles. The number of benzene rings is 1. The summed E-state index contributed by atoms with van der Waals surface area (Å²) in [5.41, 5.74) is 0.611. The molecule has 1 aromatic carbocycles. The standard InChI is InChI=1S/C20H24Cl2N2O5S/c1-12(20(28)29)23-19(27)14-6-8-24(9-7-14)16(26)5-3-13-2-4-15(30-11-10-25)18(22)17(13)21/h2-5,12,14,25H,6-11H2,1H3,(H,23,27)(H,28,29)/b5-3+. The molecule has 0 radical (unpaired) electrons. The summed E-state index contributed by atoms with van der Waals surface area (Å²) < 4.78 is 0. The molecule has 7 nitrogen and oxygen atoms in total. The Morgan fingerprint density at radius 3 is 2.53 bits per heavy atom. The van der Waals surface area contributed by atoms with Gasteiger partial charge in [-0.2, -0.15) is 0 Å². The van der Waals surface area contributed by atoms with Crippen LogP contribution in [0.4, 0.5) is 0 Å². The maximum atomic E-state index is 12.5. The highest BCUT2D eigenvalue weighted by Crippen LogP contribution is 2.36. The molecule has 3 N–H and O–H groups in total. The molecule has 0 spiro atoms. The quantitative estimate of drug-likeness (QED) is 0.394. The van der Waals surface area contributed by atoms with E-state index in [9.17, 15) is 14.4 Å². The molecule has 1 unspecified atom stereocenters. The highest BCUT2D eigenvalue weighted by atomic mass is 35.5. The average molecular weight is 475 g/mol. The summed E-state index contributed by atoms with van der Waals surface area (Å²) >= 11 is 13.9. The zero-order valence-electron chi connectivity index (χ0n) is 16.4. The van der Waals surface area contributed by atoms with Crippen molar-refractivity contribution in [3.8, 4) is 0 Å². The van der Waals surface area contributed by atoms with Crippen LogP contribution in [0.5, 0.6) is 0 Å². The number of thioether (sulfide) groups is 1. The topological polar surface area (TPSA) is 107 Å². The molecule has 1 heterocycles. The minimum absolute atomic E-state index is 0.0334. The lowest BCUT2D eigenvalue weighted by atomic mass is 9.95. The maximum Gasteiger partial charge on any atom is 0.325 e. The van der Waals surface area contributed by atoms with Crippen molar-refractivity contribution >= 4 is 58.8 Å². The van der Waals surface area contributed by atoms with E-state index < -0.39 is 12.0 Å². The summed E-state index contributed by atoms with van der Waals surface area (Å²) in [7, 11) is 0. The van der Waals surface area contributed by atoms with E-state index >= 15 is 0 Å². The van der Waals surface area contributed by atoms with Gasteiger partial charge >= 0.3 is 5.97 Å². The van der Waals surface area contributed by atoms with Crippen molar-refractivity contribution in [2.45, 2.75) is 30.7 Å². The first-order chi connectivity index (χ1) is 14.2. The molecule has 164 valence electrons. The Bertz CT molecular complexity index is 826. The number of amides is 2. The van der Waals surface area contributed by atoms with Crippen LogP contribution in [0.15, 0.2) is 23.1 Å². The van der Waals surface area contributed by atoms with E-state index in [-0.39, 0.29) is 24.3 Å². The van der Waals surface area contributed by atoms with Gasteiger partial charge in [-0.3, -0.25) is 14.4 Å². The van der Waals surface area contributed by atoms with E-state index in [1.807, 2.05) is 0 Å². The van der Waals surface area contributed by atoms with Crippen molar-refractivity contribution in [2.75, 3.05) is 25.4 Å². The third-order valence-electron chi connectivity index (χ3n) is 4.74. The Hall–Kier alpha value is -1.74. The number of halogens is 2. The third-order valence-corrected chi connectivity index (χ3v) is 6.78. The largest absolute Gasteiger partial charge is 0.480 e. The predicted molar refractivity (Wildman–Crippen MR) is 118 cm³/mol. The van der Waals surface area contributed by atoms with Gasteiger partial charge < -0.3 is 20.4 Å². The number of nitrogens with one attached hydrogen (secondary N) is 1. The molecule has 2 amide bonds. The monoisotopic (exact) mass is 474 g/mol. The first kappa shape index (κ1) is 24.5. The Balaban J connectivity index is 1.92. The van der Waals surface area contributed by atoms with Gasteiger partial charge in [-0.05, 0) is 37.5 Å². The lowest BCUT2D eigenvalue weighted by Crippen LogP contribution is -2.46. The van der Waals surface area contributed by atoms with Crippen LogP contribution in [0.3, 0.4) is 0 Å². The van der Waals surface area contributed by atoms with Gasteiger partial charge in [-0.15, -0.1) is 11.8 Å². The summed E-state index contributed by atoms with van der Waals surface area (Å²) in [4.78, 5) is 37.9. The highest BCUT2D eigenvalue weighted by Gasteiger charge is 2.28. The molecule has 1 atom stereocenters. The van der Waals surface area contributed by atoms with Crippen molar-refractivity contribution < 1.29 is 24.6 Å². The molecule has 10 heteroatoms. The van der Waals surface area contributed by atoms with Crippen LogP contribution in [-0.4, -0.2) is 64.4 Å². The molecule has 1 aliphatic rings. The number of nitrogens with zero attached hydrogens (tertiary/aromatic N) is 1. The molecule has 2 rings (SSSR count). The number of hydrogen-bond acceptors (Lipinski definition) is 5. The maximum absolute atomic E-state index is 12.5. The number of piperidine rings is 1. The Kier molecular flexibility index (Phi) is 9.48. The fraction of sp³-hybridized carbons (Fsp3) is 0.450. The lowest BCUT2D eigenvalue weighted by molar-refractivity contribution is -0.142. The first-order valence-corrected chi connectivity index (χ1v) is 11.2. The Morgan fingerprint density at radius 1 is 1.27 bits per heavy atom. The molecular weight excluding hydrogens is 451 g/mol. The van der Waals surface area contributed by atoms with E-state index in [0.717, 1.165) is 4.90 Å².